The molecule has 0 unspecified atom stereocenters. The molecular weight excluding hydrogens is 422 g/mol. The third-order valence-corrected chi connectivity index (χ3v) is 4.91. The molecule has 144 valence electrons. The van der Waals surface area contributed by atoms with Gasteiger partial charge in [-0.3, -0.25) is 4.68 Å². The number of rotatable bonds is 4. The lowest BCUT2D eigenvalue weighted by atomic mass is 10.0. The Bertz CT molecular complexity index is 1040. The lowest BCUT2D eigenvalue weighted by Gasteiger charge is -2.12. The van der Waals surface area contributed by atoms with Gasteiger partial charge in [-0.25, -0.2) is 4.79 Å². The van der Waals surface area contributed by atoms with Crippen LogP contribution in [0.2, 0.25) is 0 Å². The van der Waals surface area contributed by atoms with Gasteiger partial charge in [0.1, 0.15) is 0 Å². The highest BCUT2D eigenvalue weighted by Gasteiger charge is 2.13. The van der Waals surface area contributed by atoms with E-state index in [0.29, 0.717) is 17.1 Å². The van der Waals surface area contributed by atoms with Crippen LogP contribution in [-0.4, -0.2) is 26.7 Å². The molecule has 2 amide bonds. The molecule has 0 radical (unpaired) electrons. The molecule has 0 bridgehead atoms. The number of benzene rings is 2. The highest BCUT2D eigenvalue weighted by Crippen LogP contribution is 2.32. The van der Waals surface area contributed by atoms with Crippen molar-refractivity contribution in [2.24, 2.45) is 12.2 Å². The van der Waals surface area contributed by atoms with Gasteiger partial charge in [-0.1, -0.05) is 23.4 Å². The van der Waals surface area contributed by atoms with Crippen LogP contribution >= 0.6 is 15.9 Å². The topological polar surface area (TPSA) is 91.5 Å². The molecule has 0 fully saturated rings. The average Bonchev–Trinajstić information content (AvgIpc) is 3.01. The molecule has 0 spiro atoms. The van der Waals surface area contributed by atoms with Crippen molar-refractivity contribution in [3.05, 3.63) is 64.3 Å². The summed E-state index contributed by atoms with van der Waals surface area (Å²) in [5.41, 5.74) is 5.43. The van der Waals surface area contributed by atoms with Crippen molar-refractivity contribution in [2.45, 2.75) is 13.8 Å². The van der Waals surface area contributed by atoms with Crippen molar-refractivity contribution in [2.75, 3.05) is 10.6 Å². The molecule has 7 nitrogen and oxygen atoms in total. The van der Waals surface area contributed by atoms with Gasteiger partial charge in [0.2, 0.25) is 0 Å². The third-order valence-electron chi connectivity index (χ3n) is 4.33. The molecule has 0 aliphatic carbocycles. The van der Waals surface area contributed by atoms with E-state index in [1.165, 1.54) is 0 Å². The first-order valence-electron chi connectivity index (χ1n) is 8.54. The Morgan fingerprint density at radius 3 is 2.54 bits per heavy atom. The molecule has 0 saturated carbocycles. The van der Waals surface area contributed by atoms with Crippen molar-refractivity contribution in [3.63, 3.8) is 0 Å². The van der Waals surface area contributed by atoms with Gasteiger partial charge in [0.05, 0.1) is 22.1 Å². The maximum atomic E-state index is 12.4. The number of carbonyl (C=O) groups is 1. The molecule has 3 aromatic rings. The van der Waals surface area contributed by atoms with E-state index >= 15 is 0 Å². The van der Waals surface area contributed by atoms with Gasteiger partial charge >= 0.3 is 6.03 Å². The molecule has 28 heavy (non-hydrogen) atoms. The second-order valence-electron chi connectivity index (χ2n) is 6.34. The molecule has 0 saturated heterocycles. The van der Waals surface area contributed by atoms with Gasteiger partial charge in [0, 0.05) is 29.5 Å². The van der Waals surface area contributed by atoms with Crippen molar-refractivity contribution in [3.8, 4) is 11.3 Å². The fourth-order valence-corrected chi connectivity index (χ4v) is 3.40. The van der Waals surface area contributed by atoms with E-state index in [9.17, 15) is 4.79 Å². The number of urea groups is 1. The van der Waals surface area contributed by atoms with Crippen LogP contribution < -0.4 is 10.6 Å². The van der Waals surface area contributed by atoms with Gasteiger partial charge in [-0.05, 0) is 59.6 Å². The third kappa shape index (κ3) is 4.23. The van der Waals surface area contributed by atoms with Crippen LogP contribution in [-0.2, 0) is 7.05 Å². The molecule has 0 aliphatic heterocycles. The van der Waals surface area contributed by atoms with Crippen LogP contribution in [0, 0.1) is 6.92 Å². The number of hydrogen-bond donors (Lipinski definition) is 3. The van der Waals surface area contributed by atoms with E-state index in [2.05, 4.69) is 36.8 Å². The number of carbonyl (C=O) groups excluding carboxylic acids is 1. The largest absolute Gasteiger partial charge is 0.411 e. The van der Waals surface area contributed by atoms with E-state index in [-0.39, 0.29) is 6.03 Å². The summed E-state index contributed by atoms with van der Waals surface area (Å²) in [6, 6.07) is 12.4. The number of nitrogens with zero attached hydrogens (tertiary/aromatic N) is 3. The molecular formula is C20H20BrN5O2. The maximum Gasteiger partial charge on any atom is 0.323 e. The molecule has 3 N–H and O–H groups in total. The molecule has 0 aliphatic rings. The Labute approximate surface area is 171 Å². The minimum atomic E-state index is -0.366. The van der Waals surface area contributed by atoms with E-state index in [1.807, 2.05) is 32.2 Å². The Balaban J connectivity index is 1.79. The number of aryl methyl sites for hydroxylation is 2. The summed E-state index contributed by atoms with van der Waals surface area (Å²) in [6.07, 6.45) is 1.74. The summed E-state index contributed by atoms with van der Waals surface area (Å²) in [6.45, 7) is 3.69. The molecule has 1 aromatic heterocycles. The van der Waals surface area contributed by atoms with E-state index in [1.54, 1.807) is 42.1 Å². The first-order chi connectivity index (χ1) is 13.4. The van der Waals surface area contributed by atoms with Crippen molar-refractivity contribution < 1.29 is 10.0 Å². The predicted molar refractivity (Wildman–Crippen MR) is 114 cm³/mol. The fourth-order valence-electron chi connectivity index (χ4n) is 2.84. The Kier molecular flexibility index (Phi) is 5.79. The Hall–Kier alpha value is -3.13. The van der Waals surface area contributed by atoms with E-state index in [0.717, 1.165) is 26.9 Å². The quantitative estimate of drug-likeness (QED) is 0.302. The number of nitrogens with one attached hydrogen (secondary N) is 2. The predicted octanol–water partition coefficient (Wildman–Crippen LogP) is 5.00. The van der Waals surface area contributed by atoms with Crippen LogP contribution in [0.1, 0.15) is 18.1 Å². The summed E-state index contributed by atoms with van der Waals surface area (Å²) < 4.78 is 2.67. The summed E-state index contributed by atoms with van der Waals surface area (Å²) in [7, 11) is 1.87. The lowest BCUT2D eigenvalue weighted by Crippen LogP contribution is -2.19. The van der Waals surface area contributed by atoms with Gasteiger partial charge < -0.3 is 15.8 Å². The average molecular weight is 442 g/mol. The van der Waals surface area contributed by atoms with Crippen molar-refractivity contribution in [1.29, 1.82) is 0 Å². The molecule has 1 heterocycles. The molecule has 3 rings (SSSR count). The molecule has 8 heteroatoms. The van der Waals surface area contributed by atoms with Crippen LogP contribution in [0.15, 0.2) is 58.3 Å². The summed E-state index contributed by atoms with van der Waals surface area (Å²) in [4.78, 5) is 12.4. The second kappa shape index (κ2) is 8.26. The first-order valence-corrected chi connectivity index (χ1v) is 9.34. The number of anilines is 2. The lowest BCUT2D eigenvalue weighted by molar-refractivity contribution is 0.262. The van der Waals surface area contributed by atoms with Crippen molar-refractivity contribution >= 4 is 39.0 Å². The Morgan fingerprint density at radius 1 is 1.18 bits per heavy atom. The van der Waals surface area contributed by atoms with Gasteiger partial charge in [0.25, 0.3) is 0 Å². The smallest absolute Gasteiger partial charge is 0.323 e. The highest BCUT2D eigenvalue weighted by atomic mass is 79.9. The first kappa shape index (κ1) is 19.6. The standard InChI is InChI=1S/C20H20BrN5O2/c1-12-7-8-16(10-17(12)19-18(21)11-22-26(19)3)24-20(27)23-15-6-4-5-14(9-15)13(2)25-28/h4-11,28H,1-3H3,(H2,23,24,27)/b25-13+. The number of aromatic nitrogens is 2. The van der Waals surface area contributed by atoms with Crippen LogP contribution in [0.25, 0.3) is 11.3 Å². The van der Waals surface area contributed by atoms with Crippen LogP contribution in [0.4, 0.5) is 16.2 Å². The fraction of sp³-hybridized carbons (Fsp3) is 0.150. The van der Waals surface area contributed by atoms with Crippen LogP contribution in [0.5, 0.6) is 0 Å². The SMILES string of the molecule is C/C(=N\O)c1cccc(NC(=O)Nc2ccc(C)c(-c3c(Br)cnn3C)c2)c1. The normalized spacial score (nSPS) is 11.4. The van der Waals surface area contributed by atoms with Gasteiger partial charge in [0.15, 0.2) is 0 Å². The zero-order chi connectivity index (χ0) is 20.3. The van der Waals surface area contributed by atoms with Crippen molar-refractivity contribution in [1.82, 2.24) is 9.78 Å². The number of halogens is 1. The second-order valence-corrected chi connectivity index (χ2v) is 7.19. The molecule has 2 aromatic carbocycles. The minimum Gasteiger partial charge on any atom is -0.411 e. The highest BCUT2D eigenvalue weighted by molar-refractivity contribution is 9.10. The van der Waals surface area contributed by atoms with Crippen LogP contribution in [0.3, 0.4) is 0 Å². The molecule has 0 atom stereocenters. The Morgan fingerprint density at radius 2 is 1.89 bits per heavy atom. The number of amides is 2. The number of hydrogen-bond acceptors (Lipinski definition) is 4. The summed E-state index contributed by atoms with van der Waals surface area (Å²) in [5.74, 6) is 0. The van der Waals surface area contributed by atoms with Gasteiger partial charge in [-0.15, -0.1) is 0 Å². The van der Waals surface area contributed by atoms with E-state index in [4.69, 9.17) is 5.21 Å². The zero-order valence-corrected chi connectivity index (χ0v) is 17.3. The summed E-state index contributed by atoms with van der Waals surface area (Å²) in [5, 5.41) is 22.0. The van der Waals surface area contributed by atoms with E-state index < -0.39 is 0 Å². The minimum absolute atomic E-state index is 0.366. The van der Waals surface area contributed by atoms with Gasteiger partial charge in [-0.2, -0.15) is 5.10 Å². The monoisotopic (exact) mass is 441 g/mol. The zero-order valence-electron chi connectivity index (χ0n) is 15.7. The maximum absolute atomic E-state index is 12.4. The number of oxime groups is 1. The summed E-state index contributed by atoms with van der Waals surface area (Å²) >= 11 is 3.52.